The summed E-state index contributed by atoms with van der Waals surface area (Å²) in [6.45, 7) is 6.74. The summed E-state index contributed by atoms with van der Waals surface area (Å²) >= 11 is 0. The Hall–Kier alpha value is -1.88. The Labute approximate surface area is 126 Å². The van der Waals surface area contributed by atoms with Crippen molar-refractivity contribution in [2.75, 3.05) is 31.6 Å². The summed E-state index contributed by atoms with van der Waals surface area (Å²) in [7, 11) is 1.35. The van der Waals surface area contributed by atoms with Crippen molar-refractivity contribution >= 4 is 17.6 Å². The van der Waals surface area contributed by atoms with Gasteiger partial charge in [-0.2, -0.15) is 0 Å². The number of anilines is 1. The third-order valence-corrected chi connectivity index (χ3v) is 3.31. The van der Waals surface area contributed by atoms with E-state index in [2.05, 4.69) is 4.74 Å². The number of ether oxygens (including phenoxy) is 1. The van der Waals surface area contributed by atoms with Gasteiger partial charge >= 0.3 is 5.97 Å². The third-order valence-electron chi connectivity index (χ3n) is 3.31. The Morgan fingerprint density at radius 2 is 1.76 bits per heavy atom. The van der Waals surface area contributed by atoms with Crippen molar-refractivity contribution in [1.29, 1.82) is 0 Å². The average Bonchev–Trinajstić information content (AvgIpc) is 2.48. The predicted molar refractivity (Wildman–Crippen MR) is 83.2 cm³/mol. The van der Waals surface area contributed by atoms with Crippen molar-refractivity contribution in [2.24, 2.45) is 0 Å². The molecule has 0 saturated heterocycles. The molecule has 0 bridgehead atoms. The summed E-state index contributed by atoms with van der Waals surface area (Å²) < 4.78 is 4.68. The summed E-state index contributed by atoms with van der Waals surface area (Å²) in [5.41, 5.74) is 0.867. The van der Waals surface area contributed by atoms with Crippen molar-refractivity contribution in [3.8, 4) is 0 Å². The van der Waals surface area contributed by atoms with Crippen LogP contribution in [-0.4, -0.2) is 49.6 Å². The minimum atomic E-state index is -0.334. The van der Waals surface area contributed by atoms with Crippen LogP contribution in [-0.2, 0) is 14.3 Å². The molecule has 0 aliphatic rings. The van der Waals surface area contributed by atoms with Crippen molar-refractivity contribution < 1.29 is 14.3 Å². The molecule has 21 heavy (non-hydrogen) atoms. The lowest BCUT2D eigenvalue weighted by Crippen LogP contribution is -2.45. The number of carbonyl (C=O) groups is 2. The topological polar surface area (TPSA) is 49.9 Å². The number of likely N-dealkylation sites (N-methyl/N-ethyl adjacent to an activating group) is 1. The van der Waals surface area contributed by atoms with Crippen LogP contribution in [0.1, 0.15) is 20.8 Å². The lowest BCUT2D eigenvalue weighted by atomic mass is 10.2. The van der Waals surface area contributed by atoms with Gasteiger partial charge < -0.3 is 9.64 Å². The first kappa shape index (κ1) is 17.2. The highest BCUT2D eigenvalue weighted by molar-refractivity contribution is 5.94. The average molecular weight is 292 g/mol. The molecule has 5 nitrogen and oxygen atoms in total. The monoisotopic (exact) mass is 292 g/mol. The highest BCUT2D eigenvalue weighted by atomic mass is 16.5. The predicted octanol–water partition coefficient (Wildman–Crippen LogP) is 1.92. The highest BCUT2D eigenvalue weighted by Gasteiger charge is 2.21. The number of hydrogen-bond acceptors (Lipinski definition) is 4. The minimum absolute atomic E-state index is 0.0266. The van der Waals surface area contributed by atoms with Gasteiger partial charge in [-0.1, -0.05) is 18.2 Å². The van der Waals surface area contributed by atoms with E-state index in [1.807, 2.05) is 51.1 Å². The first-order chi connectivity index (χ1) is 9.99. The summed E-state index contributed by atoms with van der Waals surface area (Å²) in [6, 6.07) is 9.62. The summed E-state index contributed by atoms with van der Waals surface area (Å²) in [5.74, 6) is -0.361. The molecule has 0 aliphatic carbocycles. The Kier molecular flexibility index (Phi) is 6.88. The van der Waals surface area contributed by atoms with E-state index in [4.69, 9.17) is 0 Å². The zero-order chi connectivity index (χ0) is 15.8. The van der Waals surface area contributed by atoms with E-state index in [0.717, 1.165) is 5.69 Å². The van der Waals surface area contributed by atoms with Crippen LogP contribution in [0.15, 0.2) is 30.3 Å². The second kappa shape index (κ2) is 8.42. The number of rotatable bonds is 7. The lowest BCUT2D eigenvalue weighted by molar-refractivity contribution is -0.142. The SMILES string of the molecule is CCN(C(=O)CN(CC(=O)OC)C(C)C)c1ccccc1. The molecular weight excluding hydrogens is 268 g/mol. The van der Waals surface area contributed by atoms with E-state index in [1.54, 1.807) is 9.80 Å². The summed E-state index contributed by atoms with van der Waals surface area (Å²) in [6.07, 6.45) is 0. The fourth-order valence-corrected chi connectivity index (χ4v) is 2.02. The van der Waals surface area contributed by atoms with Gasteiger partial charge in [0, 0.05) is 18.3 Å². The number of hydrogen-bond donors (Lipinski definition) is 0. The number of carbonyl (C=O) groups excluding carboxylic acids is 2. The Morgan fingerprint density at radius 1 is 1.14 bits per heavy atom. The smallest absolute Gasteiger partial charge is 0.319 e. The molecule has 1 aromatic carbocycles. The molecular formula is C16H24N2O3. The molecule has 1 rings (SSSR count). The van der Waals surface area contributed by atoms with Gasteiger partial charge in [0.05, 0.1) is 20.2 Å². The Morgan fingerprint density at radius 3 is 2.24 bits per heavy atom. The van der Waals surface area contributed by atoms with Gasteiger partial charge in [0.15, 0.2) is 0 Å². The maximum Gasteiger partial charge on any atom is 0.319 e. The number of methoxy groups -OCH3 is 1. The Balaban J connectivity index is 2.77. The van der Waals surface area contributed by atoms with Crippen molar-refractivity contribution in [2.45, 2.75) is 26.8 Å². The molecule has 0 heterocycles. The molecule has 5 heteroatoms. The Bertz CT molecular complexity index is 460. The molecule has 0 N–H and O–H groups in total. The van der Waals surface area contributed by atoms with Gasteiger partial charge in [-0.25, -0.2) is 0 Å². The maximum atomic E-state index is 12.5. The number of esters is 1. The second-order valence-corrected chi connectivity index (χ2v) is 5.05. The third kappa shape index (κ3) is 5.19. The largest absolute Gasteiger partial charge is 0.468 e. The normalized spacial score (nSPS) is 10.8. The van der Waals surface area contributed by atoms with Gasteiger partial charge in [0.1, 0.15) is 0 Å². The molecule has 1 amide bonds. The van der Waals surface area contributed by atoms with Crippen molar-refractivity contribution in [3.63, 3.8) is 0 Å². The molecule has 0 unspecified atom stereocenters. The first-order valence-corrected chi connectivity index (χ1v) is 7.15. The van der Waals surface area contributed by atoms with E-state index in [1.165, 1.54) is 7.11 Å². The van der Waals surface area contributed by atoms with Crippen LogP contribution in [0.25, 0.3) is 0 Å². The lowest BCUT2D eigenvalue weighted by Gasteiger charge is -2.28. The fraction of sp³-hybridized carbons (Fsp3) is 0.500. The number of nitrogens with zero attached hydrogens (tertiary/aromatic N) is 2. The van der Waals surface area contributed by atoms with Crippen LogP contribution in [0, 0.1) is 0 Å². The first-order valence-electron chi connectivity index (χ1n) is 7.15. The molecule has 0 aromatic heterocycles. The molecule has 0 radical (unpaired) electrons. The van der Waals surface area contributed by atoms with Crippen LogP contribution >= 0.6 is 0 Å². The molecule has 116 valence electrons. The van der Waals surface area contributed by atoms with Crippen LogP contribution in [0.2, 0.25) is 0 Å². The summed E-state index contributed by atoms with van der Waals surface area (Å²) in [5, 5.41) is 0. The summed E-state index contributed by atoms with van der Waals surface area (Å²) in [4.78, 5) is 27.4. The van der Waals surface area contributed by atoms with Gasteiger partial charge in [-0.05, 0) is 32.9 Å². The van der Waals surface area contributed by atoms with Crippen LogP contribution in [0.5, 0.6) is 0 Å². The van der Waals surface area contributed by atoms with Gasteiger partial charge in [-0.15, -0.1) is 0 Å². The number of para-hydroxylation sites is 1. The van der Waals surface area contributed by atoms with E-state index >= 15 is 0 Å². The maximum absolute atomic E-state index is 12.5. The standard InChI is InChI=1S/C16H24N2O3/c1-5-18(14-9-7-6-8-10-14)15(19)11-17(13(2)3)12-16(20)21-4/h6-10,13H,5,11-12H2,1-4H3. The van der Waals surface area contributed by atoms with Crippen LogP contribution < -0.4 is 4.90 Å². The number of benzene rings is 1. The molecule has 1 aromatic rings. The molecule has 0 spiro atoms. The van der Waals surface area contributed by atoms with Gasteiger partial charge in [0.2, 0.25) is 5.91 Å². The van der Waals surface area contributed by atoms with Gasteiger partial charge in [0.25, 0.3) is 0 Å². The molecule has 0 saturated carbocycles. The van der Waals surface area contributed by atoms with Crippen molar-refractivity contribution in [3.05, 3.63) is 30.3 Å². The van der Waals surface area contributed by atoms with Crippen LogP contribution in [0.4, 0.5) is 5.69 Å². The fourth-order valence-electron chi connectivity index (χ4n) is 2.02. The van der Waals surface area contributed by atoms with E-state index in [-0.39, 0.29) is 31.0 Å². The quantitative estimate of drug-likeness (QED) is 0.721. The van der Waals surface area contributed by atoms with E-state index in [0.29, 0.717) is 6.54 Å². The van der Waals surface area contributed by atoms with Crippen LogP contribution in [0.3, 0.4) is 0 Å². The molecule has 0 aliphatic heterocycles. The number of amides is 1. The van der Waals surface area contributed by atoms with E-state index in [9.17, 15) is 9.59 Å². The second-order valence-electron chi connectivity index (χ2n) is 5.05. The van der Waals surface area contributed by atoms with Gasteiger partial charge in [-0.3, -0.25) is 14.5 Å². The van der Waals surface area contributed by atoms with Crippen molar-refractivity contribution in [1.82, 2.24) is 4.90 Å². The minimum Gasteiger partial charge on any atom is -0.468 e. The van der Waals surface area contributed by atoms with E-state index < -0.39 is 0 Å². The zero-order valence-corrected chi connectivity index (χ0v) is 13.2. The highest BCUT2D eigenvalue weighted by Crippen LogP contribution is 2.14. The zero-order valence-electron chi connectivity index (χ0n) is 13.2. The molecule has 0 fully saturated rings. The molecule has 0 atom stereocenters.